The zero-order valence-electron chi connectivity index (χ0n) is 16.2. The number of halogens is 3. The van der Waals surface area contributed by atoms with E-state index in [0.29, 0.717) is 18.8 Å². The van der Waals surface area contributed by atoms with Crippen molar-refractivity contribution in [2.75, 3.05) is 37.7 Å². The quantitative estimate of drug-likeness (QED) is 0.656. The van der Waals surface area contributed by atoms with Crippen molar-refractivity contribution in [2.24, 2.45) is 0 Å². The second kappa shape index (κ2) is 9.38. The van der Waals surface area contributed by atoms with Gasteiger partial charge in [0.2, 0.25) is 0 Å². The van der Waals surface area contributed by atoms with Gasteiger partial charge < -0.3 is 15.1 Å². The maximum absolute atomic E-state index is 13.3. The molecule has 1 atom stereocenters. The summed E-state index contributed by atoms with van der Waals surface area (Å²) in [4.78, 5) is 5.39. The Morgan fingerprint density at radius 2 is 1.79 bits per heavy atom. The largest absolute Gasteiger partial charge is 0.416 e. The number of nitrogens with zero attached hydrogens (tertiary/aromatic N) is 2. The van der Waals surface area contributed by atoms with Gasteiger partial charge in [-0.1, -0.05) is 30.8 Å². The number of aliphatic hydroxyl groups is 2. The van der Waals surface area contributed by atoms with E-state index in [2.05, 4.69) is 0 Å². The van der Waals surface area contributed by atoms with Gasteiger partial charge >= 0.3 is 6.18 Å². The van der Waals surface area contributed by atoms with Crippen LogP contribution in [-0.4, -0.2) is 54.0 Å². The summed E-state index contributed by atoms with van der Waals surface area (Å²) >= 11 is 1.43. The predicted molar refractivity (Wildman–Crippen MR) is 109 cm³/mol. The molecule has 1 heterocycles. The van der Waals surface area contributed by atoms with E-state index < -0.39 is 17.8 Å². The number of para-hydroxylation sites is 1. The Labute approximate surface area is 172 Å². The minimum absolute atomic E-state index is 0.00627. The number of hydrogen-bond donors (Lipinski definition) is 2. The summed E-state index contributed by atoms with van der Waals surface area (Å²) in [5.74, 6) is 0. The van der Waals surface area contributed by atoms with Crippen LogP contribution in [0.2, 0.25) is 0 Å². The molecule has 0 spiro atoms. The molecule has 0 amide bonds. The van der Waals surface area contributed by atoms with Crippen molar-refractivity contribution >= 4 is 23.1 Å². The maximum Gasteiger partial charge on any atom is 0.416 e. The van der Waals surface area contributed by atoms with Gasteiger partial charge in [0, 0.05) is 22.9 Å². The van der Waals surface area contributed by atoms with Gasteiger partial charge in [-0.3, -0.25) is 4.90 Å². The Morgan fingerprint density at radius 1 is 1.07 bits per heavy atom. The molecule has 0 aliphatic carbocycles. The third-order valence-electron chi connectivity index (χ3n) is 4.77. The van der Waals surface area contributed by atoms with E-state index in [0.717, 1.165) is 40.6 Å². The standard InChI is InChI=1S/C21H25F3N2O2S/c1-2-9-25(10-11-27)13-16(28)14-26-17-5-3-4-6-19(17)29-20-8-7-15(12-18(20)26)21(22,23)24/h3-8,12,16,27-28H,2,9-11,13-14H2,1H3. The number of anilines is 2. The van der Waals surface area contributed by atoms with E-state index >= 15 is 0 Å². The van der Waals surface area contributed by atoms with Gasteiger partial charge in [-0.05, 0) is 43.3 Å². The highest BCUT2D eigenvalue weighted by Gasteiger charge is 2.33. The number of aliphatic hydroxyl groups excluding tert-OH is 2. The Kier molecular flexibility index (Phi) is 7.10. The van der Waals surface area contributed by atoms with Crippen LogP contribution in [0.1, 0.15) is 18.9 Å². The van der Waals surface area contributed by atoms with Crippen molar-refractivity contribution in [2.45, 2.75) is 35.4 Å². The van der Waals surface area contributed by atoms with Gasteiger partial charge in [0.05, 0.1) is 36.2 Å². The molecule has 158 valence electrons. The van der Waals surface area contributed by atoms with Crippen LogP contribution in [0.3, 0.4) is 0 Å². The van der Waals surface area contributed by atoms with Crippen LogP contribution in [0.15, 0.2) is 52.3 Å². The maximum atomic E-state index is 13.3. The number of β-amino-alcohol motifs (C(OH)–C–C–N with tert-alkyl or cyclic N) is 1. The van der Waals surface area contributed by atoms with E-state index in [-0.39, 0.29) is 13.2 Å². The van der Waals surface area contributed by atoms with E-state index in [1.54, 1.807) is 4.90 Å². The first kappa shape index (κ1) is 22.0. The summed E-state index contributed by atoms with van der Waals surface area (Å²) in [5, 5.41) is 19.9. The molecule has 3 rings (SSSR count). The van der Waals surface area contributed by atoms with Crippen LogP contribution >= 0.6 is 11.8 Å². The van der Waals surface area contributed by atoms with E-state index in [9.17, 15) is 23.4 Å². The molecule has 1 aliphatic rings. The zero-order chi connectivity index (χ0) is 21.0. The third kappa shape index (κ3) is 5.25. The topological polar surface area (TPSA) is 46.9 Å². The van der Waals surface area contributed by atoms with E-state index in [1.165, 1.54) is 17.8 Å². The molecule has 0 saturated heterocycles. The minimum Gasteiger partial charge on any atom is -0.395 e. The van der Waals surface area contributed by atoms with Crippen LogP contribution in [0.25, 0.3) is 0 Å². The molecule has 0 aromatic heterocycles. The average Bonchev–Trinajstić information content (AvgIpc) is 2.67. The Balaban J connectivity index is 1.90. The average molecular weight is 427 g/mol. The number of alkyl halides is 3. The summed E-state index contributed by atoms with van der Waals surface area (Å²) < 4.78 is 39.8. The normalized spacial score (nSPS) is 14.7. The summed E-state index contributed by atoms with van der Waals surface area (Å²) in [7, 11) is 0. The molecule has 4 nitrogen and oxygen atoms in total. The first-order chi connectivity index (χ1) is 13.8. The van der Waals surface area contributed by atoms with Crippen molar-refractivity contribution in [3.05, 3.63) is 48.0 Å². The first-order valence-electron chi connectivity index (χ1n) is 9.60. The molecular weight excluding hydrogens is 401 g/mol. The monoisotopic (exact) mass is 426 g/mol. The lowest BCUT2D eigenvalue weighted by atomic mass is 10.1. The van der Waals surface area contributed by atoms with Crippen LogP contribution in [0.4, 0.5) is 24.5 Å². The number of hydrogen-bond acceptors (Lipinski definition) is 5. The highest BCUT2D eigenvalue weighted by Crippen LogP contribution is 2.49. The fourth-order valence-corrected chi connectivity index (χ4v) is 4.60. The predicted octanol–water partition coefficient (Wildman–Crippen LogP) is 4.37. The molecule has 8 heteroatoms. The van der Waals surface area contributed by atoms with Gasteiger partial charge in [0.15, 0.2) is 0 Å². The fourth-order valence-electron chi connectivity index (χ4n) is 3.52. The third-order valence-corrected chi connectivity index (χ3v) is 5.90. The second-order valence-corrected chi connectivity index (χ2v) is 8.12. The lowest BCUT2D eigenvalue weighted by Gasteiger charge is -2.35. The van der Waals surface area contributed by atoms with Gasteiger partial charge in [0.1, 0.15) is 0 Å². The fraction of sp³-hybridized carbons (Fsp3) is 0.429. The number of rotatable bonds is 8. The van der Waals surface area contributed by atoms with Crippen molar-refractivity contribution in [1.82, 2.24) is 4.90 Å². The van der Waals surface area contributed by atoms with E-state index in [1.807, 2.05) is 36.1 Å². The van der Waals surface area contributed by atoms with Crippen molar-refractivity contribution < 1.29 is 23.4 Å². The van der Waals surface area contributed by atoms with E-state index in [4.69, 9.17) is 0 Å². The second-order valence-electron chi connectivity index (χ2n) is 7.04. The SMILES string of the molecule is CCCN(CCO)CC(O)CN1c2ccccc2Sc2ccc(C(F)(F)F)cc21. The first-order valence-corrected chi connectivity index (χ1v) is 10.4. The van der Waals surface area contributed by atoms with Crippen LogP contribution < -0.4 is 4.90 Å². The van der Waals surface area contributed by atoms with Crippen LogP contribution in [-0.2, 0) is 6.18 Å². The Bertz CT molecular complexity index is 826. The van der Waals surface area contributed by atoms with Crippen LogP contribution in [0, 0.1) is 0 Å². The molecule has 1 unspecified atom stereocenters. The van der Waals surface area contributed by atoms with Gasteiger partial charge in [-0.2, -0.15) is 13.2 Å². The lowest BCUT2D eigenvalue weighted by molar-refractivity contribution is -0.137. The number of benzene rings is 2. The minimum atomic E-state index is -4.43. The summed E-state index contributed by atoms with van der Waals surface area (Å²) in [5.41, 5.74) is 0.531. The van der Waals surface area contributed by atoms with Gasteiger partial charge in [-0.15, -0.1) is 0 Å². The number of fused-ring (bicyclic) bond motifs is 2. The zero-order valence-corrected chi connectivity index (χ0v) is 17.0. The lowest BCUT2D eigenvalue weighted by Crippen LogP contribution is -2.41. The van der Waals surface area contributed by atoms with Gasteiger partial charge in [0.25, 0.3) is 0 Å². The molecular formula is C21H25F3N2O2S. The highest BCUT2D eigenvalue weighted by molar-refractivity contribution is 7.99. The molecule has 0 radical (unpaired) electrons. The molecule has 2 N–H and O–H groups in total. The summed E-state index contributed by atoms with van der Waals surface area (Å²) in [6, 6.07) is 11.3. The summed E-state index contributed by atoms with van der Waals surface area (Å²) in [6.07, 6.45) is -4.33. The smallest absolute Gasteiger partial charge is 0.395 e. The van der Waals surface area contributed by atoms with Crippen molar-refractivity contribution in [3.8, 4) is 0 Å². The van der Waals surface area contributed by atoms with Crippen molar-refractivity contribution in [1.29, 1.82) is 0 Å². The van der Waals surface area contributed by atoms with Crippen molar-refractivity contribution in [3.63, 3.8) is 0 Å². The molecule has 2 aromatic rings. The molecule has 2 aromatic carbocycles. The highest BCUT2D eigenvalue weighted by atomic mass is 32.2. The molecule has 1 aliphatic heterocycles. The Hall–Kier alpha value is -1.74. The summed E-state index contributed by atoms with van der Waals surface area (Å²) in [6.45, 7) is 3.70. The Morgan fingerprint density at radius 3 is 2.48 bits per heavy atom. The molecule has 0 bridgehead atoms. The van der Waals surface area contributed by atoms with Crippen LogP contribution in [0.5, 0.6) is 0 Å². The molecule has 0 fully saturated rings. The molecule has 29 heavy (non-hydrogen) atoms. The van der Waals surface area contributed by atoms with Gasteiger partial charge in [-0.25, -0.2) is 0 Å². The molecule has 0 saturated carbocycles.